The molecule has 2 rings (SSSR count). The van der Waals surface area contributed by atoms with Gasteiger partial charge in [0.2, 0.25) is 0 Å². The summed E-state index contributed by atoms with van der Waals surface area (Å²) in [6, 6.07) is 7.73. The maximum Gasteiger partial charge on any atom is 0.288 e. The molecular weight excluding hydrogens is 260 g/mol. The van der Waals surface area contributed by atoms with Crippen molar-refractivity contribution in [2.45, 2.75) is 35.3 Å². The van der Waals surface area contributed by atoms with Crippen LogP contribution in [0, 0.1) is 0 Å². The summed E-state index contributed by atoms with van der Waals surface area (Å²) in [7, 11) is 0. The third-order valence-electron chi connectivity index (χ3n) is 2.65. The van der Waals surface area contributed by atoms with Crippen LogP contribution in [0.3, 0.4) is 0 Å². The lowest BCUT2D eigenvalue weighted by molar-refractivity contribution is 0.252. The highest BCUT2D eigenvalue weighted by atomic mass is 32.2. The zero-order valence-electron chi connectivity index (χ0n) is 9.53. The van der Waals surface area contributed by atoms with Gasteiger partial charge in [-0.1, -0.05) is 18.7 Å². The van der Waals surface area contributed by atoms with E-state index in [1.807, 2.05) is 23.9 Å². The minimum atomic E-state index is -2.35. The lowest BCUT2D eigenvalue weighted by Crippen LogP contribution is -2.18. The predicted molar refractivity (Wildman–Crippen MR) is 72.3 cm³/mol. The molecule has 0 aromatic heterocycles. The van der Waals surface area contributed by atoms with Crippen molar-refractivity contribution < 1.29 is 8.78 Å². The average molecular weight is 275 g/mol. The van der Waals surface area contributed by atoms with E-state index in [1.165, 1.54) is 0 Å². The molecule has 1 heterocycles. The molecule has 0 aliphatic carbocycles. The minimum absolute atomic E-state index is 0.503. The van der Waals surface area contributed by atoms with Gasteiger partial charge in [0, 0.05) is 27.6 Å². The largest absolute Gasteiger partial charge is 0.381 e. The number of hydrogen-bond acceptors (Lipinski definition) is 3. The van der Waals surface area contributed by atoms with Gasteiger partial charge in [0.25, 0.3) is 5.76 Å². The first-order valence-corrected chi connectivity index (χ1v) is 7.49. The molecule has 1 aromatic carbocycles. The summed E-state index contributed by atoms with van der Waals surface area (Å²) in [4.78, 5) is 0.611. The van der Waals surface area contributed by atoms with Crippen LogP contribution in [0.25, 0.3) is 0 Å². The van der Waals surface area contributed by atoms with Crippen LogP contribution in [-0.2, 0) is 0 Å². The Hall–Kier alpha value is -0.420. The third kappa shape index (κ3) is 4.07. The fourth-order valence-corrected chi connectivity index (χ4v) is 3.53. The Morgan fingerprint density at radius 3 is 2.59 bits per heavy atom. The number of halogens is 2. The summed E-state index contributed by atoms with van der Waals surface area (Å²) in [5, 5.41) is 4.14. The second kappa shape index (κ2) is 5.96. The smallest absolute Gasteiger partial charge is 0.288 e. The van der Waals surface area contributed by atoms with Crippen LogP contribution in [0.2, 0.25) is 0 Å². The first-order valence-electron chi connectivity index (χ1n) is 5.56. The predicted octanol–water partition coefficient (Wildman–Crippen LogP) is 4.31. The number of benzene rings is 1. The van der Waals surface area contributed by atoms with Crippen molar-refractivity contribution in [3.63, 3.8) is 0 Å². The van der Waals surface area contributed by atoms with Gasteiger partial charge < -0.3 is 5.32 Å². The Balaban J connectivity index is 1.89. The quantitative estimate of drug-likeness (QED) is 0.822. The molecule has 2 unspecified atom stereocenters. The molecule has 1 aliphatic heterocycles. The summed E-state index contributed by atoms with van der Waals surface area (Å²) in [6.45, 7) is 2.23. The molecule has 0 saturated carbocycles. The molecule has 0 bridgehead atoms. The molecule has 17 heavy (non-hydrogen) atoms. The summed E-state index contributed by atoms with van der Waals surface area (Å²) in [5.74, 6) is -1.23. The van der Waals surface area contributed by atoms with Gasteiger partial charge in [0.15, 0.2) is 0 Å². The number of thioether (sulfide) groups is 2. The molecule has 2 atom stereocenters. The van der Waals surface area contributed by atoms with Gasteiger partial charge in [-0.3, -0.25) is 0 Å². The SMILES string of the molecule is CC1CC(Nc2ccc(SC(F)F)cc2)CS1. The highest BCUT2D eigenvalue weighted by Gasteiger charge is 2.21. The van der Waals surface area contributed by atoms with Gasteiger partial charge in [-0.05, 0) is 30.7 Å². The van der Waals surface area contributed by atoms with E-state index < -0.39 is 5.76 Å². The van der Waals surface area contributed by atoms with Gasteiger partial charge >= 0.3 is 0 Å². The number of anilines is 1. The zero-order valence-corrected chi connectivity index (χ0v) is 11.2. The van der Waals surface area contributed by atoms with Gasteiger partial charge in [0.1, 0.15) is 0 Å². The van der Waals surface area contributed by atoms with Gasteiger partial charge in [-0.15, -0.1) is 0 Å². The van der Waals surface area contributed by atoms with Crippen LogP contribution < -0.4 is 5.32 Å². The van der Waals surface area contributed by atoms with Crippen molar-refractivity contribution in [1.82, 2.24) is 0 Å². The average Bonchev–Trinajstić information content (AvgIpc) is 2.66. The molecule has 0 spiro atoms. The van der Waals surface area contributed by atoms with Crippen molar-refractivity contribution >= 4 is 29.2 Å². The van der Waals surface area contributed by atoms with E-state index in [-0.39, 0.29) is 0 Å². The molecule has 5 heteroatoms. The highest BCUT2D eigenvalue weighted by Crippen LogP contribution is 2.30. The number of hydrogen-bond donors (Lipinski definition) is 1. The molecule has 1 fully saturated rings. The van der Waals surface area contributed by atoms with E-state index in [2.05, 4.69) is 12.2 Å². The minimum Gasteiger partial charge on any atom is -0.381 e. The Bertz CT molecular complexity index is 356. The molecule has 1 aromatic rings. The third-order valence-corrected chi connectivity index (χ3v) is 4.73. The van der Waals surface area contributed by atoms with Crippen LogP contribution in [0.4, 0.5) is 14.5 Å². The number of alkyl halides is 2. The van der Waals surface area contributed by atoms with E-state index in [9.17, 15) is 8.78 Å². The maximum atomic E-state index is 12.1. The van der Waals surface area contributed by atoms with Crippen molar-refractivity contribution in [3.05, 3.63) is 24.3 Å². The Labute approximate surface area is 109 Å². The fourth-order valence-electron chi connectivity index (χ4n) is 1.89. The van der Waals surface area contributed by atoms with E-state index in [0.717, 1.165) is 17.9 Å². The van der Waals surface area contributed by atoms with Gasteiger partial charge in [-0.2, -0.15) is 20.5 Å². The zero-order chi connectivity index (χ0) is 12.3. The van der Waals surface area contributed by atoms with Gasteiger partial charge in [-0.25, -0.2) is 0 Å². The molecular formula is C12H15F2NS2. The summed E-state index contributed by atoms with van der Waals surface area (Å²) in [5.41, 5.74) is 1.02. The van der Waals surface area contributed by atoms with Crippen LogP contribution in [0.15, 0.2) is 29.2 Å². The maximum absolute atomic E-state index is 12.1. The first kappa shape index (κ1) is 13.0. The Morgan fingerprint density at radius 2 is 2.06 bits per heavy atom. The topological polar surface area (TPSA) is 12.0 Å². The molecule has 1 saturated heterocycles. The normalized spacial score (nSPS) is 24.2. The Kier molecular flexibility index (Phi) is 4.56. The van der Waals surface area contributed by atoms with E-state index in [4.69, 9.17) is 0 Å². The van der Waals surface area contributed by atoms with Crippen molar-refractivity contribution in [2.24, 2.45) is 0 Å². The standard InChI is InChI=1S/C12H15F2NS2/c1-8-6-10(7-16-8)15-9-2-4-11(5-3-9)17-12(13)14/h2-5,8,10,12,15H,6-7H2,1H3. The summed E-state index contributed by atoms with van der Waals surface area (Å²) in [6.07, 6.45) is 1.16. The Morgan fingerprint density at radius 1 is 1.35 bits per heavy atom. The first-order chi connectivity index (χ1) is 8.13. The second-order valence-electron chi connectivity index (χ2n) is 4.12. The summed E-state index contributed by atoms with van der Waals surface area (Å²) >= 11 is 2.56. The summed E-state index contributed by atoms with van der Waals surface area (Å²) < 4.78 is 24.3. The van der Waals surface area contributed by atoms with Crippen LogP contribution >= 0.6 is 23.5 Å². The van der Waals surface area contributed by atoms with Crippen molar-refractivity contribution in [2.75, 3.05) is 11.1 Å². The van der Waals surface area contributed by atoms with E-state index in [0.29, 0.717) is 27.9 Å². The van der Waals surface area contributed by atoms with E-state index >= 15 is 0 Å². The highest BCUT2D eigenvalue weighted by molar-refractivity contribution is 8.00. The molecule has 1 nitrogen and oxygen atoms in total. The van der Waals surface area contributed by atoms with Gasteiger partial charge in [0.05, 0.1) is 0 Å². The molecule has 0 radical (unpaired) electrons. The van der Waals surface area contributed by atoms with Crippen molar-refractivity contribution in [1.29, 1.82) is 0 Å². The lowest BCUT2D eigenvalue weighted by Gasteiger charge is -2.13. The molecule has 94 valence electrons. The number of nitrogens with one attached hydrogen (secondary N) is 1. The molecule has 0 amide bonds. The second-order valence-corrected chi connectivity index (χ2v) is 6.66. The lowest BCUT2D eigenvalue weighted by atomic mass is 10.2. The van der Waals surface area contributed by atoms with Crippen LogP contribution in [0.1, 0.15) is 13.3 Å². The van der Waals surface area contributed by atoms with Crippen LogP contribution in [0.5, 0.6) is 0 Å². The molecule has 1 aliphatic rings. The van der Waals surface area contributed by atoms with Crippen molar-refractivity contribution in [3.8, 4) is 0 Å². The number of rotatable bonds is 4. The van der Waals surface area contributed by atoms with E-state index in [1.54, 1.807) is 12.1 Å². The fraction of sp³-hybridized carbons (Fsp3) is 0.500. The van der Waals surface area contributed by atoms with Crippen LogP contribution in [-0.4, -0.2) is 22.8 Å². The monoisotopic (exact) mass is 275 g/mol. The molecule has 1 N–H and O–H groups in total.